The summed E-state index contributed by atoms with van der Waals surface area (Å²) in [5.74, 6) is 0. The average molecular weight is 197 g/mol. The molecule has 0 N–H and O–H groups in total. The van der Waals surface area contributed by atoms with E-state index in [9.17, 15) is 0 Å². The molecule has 0 saturated heterocycles. The van der Waals surface area contributed by atoms with E-state index in [1.165, 1.54) is 0 Å². The van der Waals surface area contributed by atoms with Gasteiger partial charge in [-0.1, -0.05) is 23.2 Å². The van der Waals surface area contributed by atoms with E-state index in [0.717, 1.165) is 10.9 Å². The van der Waals surface area contributed by atoms with E-state index < -0.39 is 0 Å². The molecule has 0 aliphatic carbocycles. The van der Waals surface area contributed by atoms with Gasteiger partial charge in [-0.2, -0.15) is 0 Å². The zero-order valence-corrected chi connectivity index (χ0v) is 7.52. The van der Waals surface area contributed by atoms with Gasteiger partial charge in [0.05, 0.1) is 10.5 Å². The maximum Gasteiger partial charge on any atom is 0.0783 e. The largest absolute Gasteiger partial charge is 0.254 e. The molecule has 3 heteroatoms. The van der Waals surface area contributed by atoms with Gasteiger partial charge in [-0.25, -0.2) is 0 Å². The van der Waals surface area contributed by atoms with Crippen molar-refractivity contribution in [2.45, 2.75) is 0 Å². The second-order valence-corrected chi connectivity index (χ2v) is 3.28. The van der Waals surface area contributed by atoms with Gasteiger partial charge in [0.15, 0.2) is 0 Å². The first-order valence-corrected chi connectivity index (χ1v) is 4.14. The van der Waals surface area contributed by atoms with Gasteiger partial charge in [0, 0.05) is 22.7 Å². The molecule has 12 heavy (non-hydrogen) atoms. The van der Waals surface area contributed by atoms with Crippen LogP contribution in [0.3, 0.4) is 0 Å². The minimum Gasteiger partial charge on any atom is -0.254 e. The molecule has 0 aliphatic rings. The topological polar surface area (TPSA) is 12.9 Å². The fourth-order valence-corrected chi connectivity index (χ4v) is 1.35. The summed E-state index contributed by atoms with van der Waals surface area (Å²) in [7, 11) is 0. The van der Waals surface area contributed by atoms with Gasteiger partial charge in [0.25, 0.3) is 0 Å². The monoisotopic (exact) mass is 196 g/mol. The van der Waals surface area contributed by atoms with Gasteiger partial charge in [-0.15, -0.1) is 0 Å². The Kier molecular flexibility index (Phi) is 1.91. The standard InChI is InChI=1S/C9H4Cl2N/c10-7-1-2-9-6(3-7)4-8(11)5-12-9/h1,3-5H. The molecule has 0 aliphatic heterocycles. The van der Waals surface area contributed by atoms with E-state index in [0.29, 0.717) is 10.0 Å². The summed E-state index contributed by atoms with van der Waals surface area (Å²) in [5, 5.41) is 2.17. The van der Waals surface area contributed by atoms with Crippen molar-refractivity contribution in [2.75, 3.05) is 0 Å². The van der Waals surface area contributed by atoms with Crippen molar-refractivity contribution in [1.82, 2.24) is 4.98 Å². The van der Waals surface area contributed by atoms with Gasteiger partial charge in [-0.3, -0.25) is 4.98 Å². The van der Waals surface area contributed by atoms with Crippen LogP contribution in [0.2, 0.25) is 10.0 Å². The van der Waals surface area contributed by atoms with E-state index in [2.05, 4.69) is 11.1 Å². The van der Waals surface area contributed by atoms with Crippen molar-refractivity contribution in [3.8, 4) is 0 Å². The molecule has 0 unspecified atom stereocenters. The summed E-state index contributed by atoms with van der Waals surface area (Å²) >= 11 is 11.5. The molecular formula is C9H4Cl2N. The molecule has 1 heterocycles. The summed E-state index contributed by atoms with van der Waals surface area (Å²) < 4.78 is 0. The Morgan fingerprint density at radius 3 is 2.75 bits per heavy atom. The Balaban J connectivity index is 2.80. The number of hydrogen-bond acceptors (Lipinski definition) is 1. The van der Waals surface area contributed by atoms with Gasteiger partial charge in [0.1, 0.15) is 0 Å². The molecule has 2 aromatic rings. The van der Waals surface area contributed by atoms with Gasteiger partial charge >= 0.3 is 0 Å². The van der Waals surface area contributed by atoms with Crippen LogP contribution in [0.5, 0.6) is 0 Å². The maximum absolute atomic E-state index is 5.77. The molecule has 1 nitrogen and oxygen atoms in total. The first-order valence-electron chi connectivity index (χ1n) is 3.38. The van der Waals surface area contributed by atoms with Crippen LogP contribution >= 0.6 is 23.2 Å². The van der Waals surface area contributed by atoms with Gasteiger partial charge in [-0.05, 0) is 18.2 Å². The first kappa shape index (κ1) is 7.84. The minimum atomic E-state index is 0.609. The Morgan fingerprint density at radius 2 is 1.92 bits per heavy atom. The van der Waals surface area contributed by atoms with Crippen molar-refractivity contribution >= 4 is 34.1 Å². The Bertz CT molecular complexity index is 389. The number of nitrogens with zero attached hydrogens (tertiary/aromatic N) is 1. The molecule has 0 bridgehead atoms. The summed E-state index contributed by atoms with van der Waals surface area (Å²) in [6, 6.07) is 8.25. The molecule has 59 valence electrons. The lowest BCUT2D eigenvalue weighted by atomic mass is 10.2. The normalized spacial score (nSPS) is 10.5. The van der Waals surface area contributed by atoms with Gasteiger partial charge in [0.2, 0.25) is 0 Å². The SMILES string of the molecule is Clc1c[c]c2ncc(Cl)cc2c1. The number of pyridine rings is 1. The molecule has 0 amide bonds. The highest BCUT2D eigenvalue weighted by atomic mass is 35.5. The van der Waals surface area contributed by atoms with Crippen LogP contribution in [0.1, 0.15) is 0 Å². The average Bonchev–Trinajstić information content (AvgIpc) is 2.03. The Hall–Kier alpha value is -0.790. The fourth-order valence-electron chi connectivity index (χ4n) is 1.01. The minimum absolute atomic E-state index is 0.609. The van der Waals surface area contributed by atoms with Crippen LogP contribution in [0.25, 0.3) is 10.9 Å². The summed E-state index contributed by atoms with van der Waals surface area (Å²) in [6.45, 7) is 0. The molecule has 0 fully saturated rings. The Morgan fingerprint density at radius 1 is 1.17 bits per heavy atom. The predicted molar refractivity (Wildman–Crippen MR) is 50.6 cm³/mol. The number of aromatic nitrogens is 1. The zero-order chi connectivity index (χ0) is 8.55. The van der Waals surface area contributed by atoms with Crippen molar-refractivity contribution in [2.24, 2.45) is 0 Å². The first-order chi connectivity index (χ1) is 5.75. The summed E-state index contributed by atoms with van der Waals surface area (Å²) in [5.41, 5.74) is 0.781. The smallest absolute Gasteiger partial charge is 0.0783 e. The summed E-state index contributed by atoms with van der Waals surface area (Å²) in [6.07, 6.45) is 1.59. The quantitative estimate of drug-likeness (QED) is 0.631. The molecule has 1 aromatic carbocycles. The highest BCUT2D eigenvalue weighted by Gasteiger charge is 1.96. The van der Waals surface area contributed by atoms with Crippen LogP contribution in [0.15, 0.2) is 24.4 Å². The maximum atomic E-state index is 5.77. The Labute approximate surface area is 79.9 Å². The van der Waals surface area contributed by atoms with Crippen molar-refractivity contribution in [3.63, 3.8) is 0 Å². The van der Waals surface area contributed by atoms with Crippen LogP contribution in [0.4, 0.5) is 0 Å². The third-order valence-electron chi connectivity index (χ3n) is 1.52. The molecule has 0 atom stereocenters. The molecule has 0 spiro atoms. The van der Waals surface area contributed by atoms with Crippen LogP contribution in [-0.2, 0) is 0 Å². The van der Waals surface area contributed by atoms with Crippen LogP contribution < -0.4 is 0 Å². The van der Waals surface area contributed by atoms with E-state index in [1.807, 2.05) is 12.1 Å². The number of fused-ring (bicyclic) bond motifs is 1. The van der Waals surface area contributed by atoms with E-state index in [1.54, 1.807) is 12.3 Å². The van der Waals surface area contributed by atoms with Crippen LogP contribution in [0, 0.1) is 6.07 Å². The van der Waals surface area contributed by atoms with E-state index >= 15 is 0 Å². The summed E-state index contributed by atoms with van der Waals surface area (Å²) in [4.78, 5) is 4.08. The lowest BCUT2D eigenvalue weighted by Crippen LogP contribution is -1.77. The third kappa shape index (κ3) is 1.38. The zero-order valence-electron chi connectivity index (χ0n) is 6.01. The predicted octanol–water partition coefficient (Wildman–Crippen LogP) is 3.34. The van der Waals surface area contributed by atoms with Crippen molar-refractivity contribution < 1.29 is 0 Å². The van der Waals surface area contributed by atoms with E-state index in [4.69, 9.17) is 23.2 Å². The molecule has 0 saturated carbocycles. The van der Waals surface area contributed by atoms with Gasteiger partial charge < -0.3 is 0 Å². The molecule has 1 aromatic heterocycles. The third-order valence-corrected chi connectivity index (χ3v) is 1.95. The lowest BCUT2D eigenvalue weighted by molar-refractivity contribution is 1.41. The van der Waals surface area contributed by atoms with Crippen molar-refractivity contribution in [3.05, 3.63) is 40.5 Å². The lowest BCUT2D eigenvalue weighted by Gasteiger charge is -1.96. The van der Waals surface area contributed by atoms with E-state index in [-0.39, 0.29) is 0 Å². The second-order valence-electron chi connectivity index (χ2n) is 2.41. The number of rotatable bonds is 0. The molecule has 1 radical (unpaired) electrons. The highest BCUT2D eigenvalue weighted by molar-refractivity contribution is 6.32. The highest BCUT2D eigenvalue weighted by Crippen LogP contribution is 2.19. The second kappa shape index (κ2) is 2.92. The molecular weight excluding hydrogens is 193 g/mol. The number of hydrogen-bond donors (Lipinski definition) is 0. The number of halogens is 2. The number of benzene rings is 1. The fraction of sp³-hybridized carbons (Fsp3) is 0. The van der Waals surface area contributed by atoms with Crippen molar-refractivity contribution in [1.29, 1.82) is 0 Å². The van der Waals surface area contributed by atoms with Crippen LogP contribution in [-0.4, -0.2) is 4.98 Å². The molecule has 2 rings (SSSR count).